The highest BCUT2D eigenvalue weighted by Crippen LogP contribution is 2.39. The van der Waals surface area contributed by atoms with Crippen molar-refractivity contribution in [3.63, 3.8) is 0 Å². The summed E-state index contributed by atoms with van der Waals surface area (Å²) in [6.45, 7) is 4.27. The first-order valence-electron chi connectivity index (χ1n) is 7.45. The zero-order valence-electron chi connectivity index (χ0n) is 11.9. The SMILES string of the molecule is CN(Cc1ccccc1)C1(CN)CCN2CCCC21. The Morgan fingerprint density at radius 3 is 2.84 bits per heavy atom. The first-order valence-corrected chi connectivity index (χ1v) is 7.45. The van der Waals surface area contributed by atoms with E-state index in [4.69, 9.17) is 5.73 Å². The van der Waals surface area contributed by atoms with Crippen molar-refractivity contribution in [1.82, 2.24) is 9.80 Å². The Morgan fingerprint density at radius 1 is 1.32 bits per heavy atom. The lowest BCUT2D eigenvalue weighted by molar-refractivity contribution is 0.0841. The van der Waals surface area contributed by atoms with E-state index in [0.717, 1.165) is 13.1 Å². The van der Waals surface area contributed by atoms with Crippen LogP contribution in [0.2, 0.25) is 0 Å². The minimum Gasteiger partial charge on any atom is -0.329 e. The Labute approximate surface area is 116 Å². The van der Waals surface area contributed by atoms with Gasteiger partial charge in [0.15, 0.2) is 0 Å². The van der Waals surface area contributed by atoms with Gasteiger partial charge >= 0.3 is 0 Å². The molecule has 2 aliphatic rings. The molecule has 2 unspecified atom stereocenters. The van der Waals surface area contributed by atoms with Gasteiger partial charge in [-0.3, -0.25) is 9.80 Å². The smallest absolute Gasteiger partial charge is 0.0499 e. The summed E-state index contributed by atoms with van der Waals surface area (Å²) in [4.78, 5) is 5.16. The average Bonchev–Trinajstić information content (AvgIpc) is 3.01. The second-order valence-electron chi connectivity index (χ2n) is 6.09. The van der Waals surface area contributed by atoms with E-state index in [9.17, 15) is 0 Å². The summed E-state index contributed by atoms with van der Waals surface area (Å²) >= 11 is 0. The van der Waals surface area contributed by atoms with E-state index in [2.05, 4.69) is 47.2 Å². The molecule has 2 heterocycles. The lowest BCUT2D eigenvalue weighted by atomic mass is 9.86. The van der Waals surface area contributed by atoms with Gasteiger partial charge in [-0.1, -0.05) is 30.3 Å². The molecular weight excluding hydrogens is 234 g/mol. The first-order chi connectivity index (χ1) is 9.26. The van der Waals surface area contributed by atoms with E-state index in [0.29, 0.717) is 6.04 Å². The summed E-state index contributed by atoms with van der Waals surface area (Å²) < 4.78 is 0. The number of rotatable bonds is 4. The van der Waals surface area contributed by atoms with Gasteiger partial charge in [-0.15, -0.1) is 0 Å². The van der Waals surface area contributed by atoms with E-state index in [1.54, 1.807) is 0 Å². The first kappa shape index (κ1) is 13.1. The number of nitrogens with zero attached hydrogens (tertiary/aromatic N) is 2. The van der Waals surface area contributed by atoms with Crippen LogP contribution in [0, 0.1) is 0 Å². The van der Waals surface area contributed by atoms with Gasteiger partial charge in [-0.2, -0.15) is 0 Å². The summed E-state index contributed by atoms with van der Waals surface area (Å²) in [7, 11) is 2.25. The Hall–Kier alpha value is -0.900. The van der Waals surface area contributed by atoms with Crippen LogP contribution in [0.5, 0.6) is 0 Å². The van der Waals surface area contributed by atoms with E-state index in [1.165, 1.54) is 37.9 Å². The summed E-state index contributed by atoms with van der Waals surface area (Å²) in [5.41, 5.74) is 7.78. The Balaban J connectivity index is 1.78. The molecule has 1 aromatic carbocycles. The molecule has 0 aliphatic carbocycles. The molecule has 0 spiro atoms. The molecule has 2 N–H and O–H groups in total. The minimum absolute atomic E-state index is 0.187. The zero-order valence-corrected chi connectivity index (χ0v) is 11.9. The van der Waals surface area contributed by atoms with Crippen LogP contribution in [0.15, 0.2) is 30.3 Å². The Kier molecular flexibility index (Phi) is 3.61. The van der Waals surface area contributed by atoms with Gasteiger partial charge in [0.1, 0.15) is 0 Å². The molecule has 0 saturated carbocycles. The van der Waals surface area contributed by atoms with Gasteiger partial charge in [-0.25, -0.2) is 0 Å². The van der Waals surface area contributed by atoms with Crippen molar-refractivity contribution >= 4 is 0 Å². The lowest BCUT2D eigenvalue weighted by Gasteiger charge is -2.42. The molecule has 0 bridgehead atoms. The molecule has 19 heavy (non-hydrogen) atoms. The number of hydrogen-bond acceptors (Lipinski definition) is 3. The maximum atomic E-state index is 6.21. The van der Waals surface area contributed by atoms with Gasteiger partial charge in [0, 0.05) is 31.2 Å². The van der Waals surface area contributed by atoms with Gasteiger partial charge in [0.05, 0.1) is 0 Å². The number of hydrogen-bond donors (Lipinski definition) is 1. The van der Waals surface area contributed by atoms with Gasteiger partial charge in [0.2, 0.25) is 0 Å². The van der Waals surface area contributed by atoms with Crippen molar-refractivity contribution in [1.29, 1.82) is 0 Å². The van der Waals surface area contributed by atoms with Crippen LogP contribution in [0.1, 0.15) is 24.8 Å². The topological polar surface area (TPSA) is 32.5 Å². The molecule has 2 saturated heterocycles. The normalized spacial score (nSPS) is 31.0. The fourth-order valence-corrected chi connectivity index (χ4v) is 4.06. The summed E-state index contributed by atoms with van der Waals surface area (Å²) in [6.07, 6.45) is 3.87. The standard InChI is InChI=1S/C16H25N3/c1-18(12-14-6-3-2-4-7-14)16(13-17)9-11-19-10-5-8-15(16)19/h2-4,6-7,15H,5,8-13,17H2,1H3. The minimum atomic E-state index is 0.187. The average molecular weight is 259 g/mol. The van der Waals surface area contributed by atoms with Crippen LogP contribution in [0.4, 0.5) is 0 Å². The molecule has 2 aliphatic heterocycles. The number of benzene rings is 1. The van der Waals surface area contributed by atoms with Crippen LogP contribution >= 0.6 is 0 Å². The third-order valence-electron chi connectivity index (χ3n) is 5.19. The number of likely N-dealkylation sites (N-methyl/N-ethyl adjacent to an activating group) is 1. The molecule has 3 nitrogen and oxygen atoms in total. The van der Waals surface area contributed by atoms with Crippen molar-refractivity contribution in [2.24, 2.45) is 5.73 Å². The molecule has 2 atom stereocenters. The molecule has 3 rings (SSSR count). The molecule has 0 amide bonds. The molecule has 0 radical (unpaired) electrons. The Bertz CT molecular complexity index is 419. The van der Waals surface area contributed by atoms with Crippen molar-refractivity contribution in [3.05, 3.63) is 35.9 Å². The highest BCUT2D eigenvalue weighted by atomic mass is 15.3. The van der Waals surface area contributed by atoms with Crippen molar-refractivity contribution in [2.75, 3.05) is 26.7 Å². The second-order valence-corrected chi connectivity index (χ2v) is 6.09. The molecule has 0 aromatic heterocycles. The molecular formula is C16H25N3. The molecule has 3 heteroatoms. The van der Waals surface area contributed by atoms with Crippen LogP contribution in [-0.4, -0.2) is 48.1 Å². The maximum absolute atomic E-state index is 6.21. The van der Waals surface area contributed by atoms with Crippen LogP contribution in [-0.2, 0) is 6.54 Å². The predicted octanol–water partition coefficient (Wildman–Crippen LogP) is 1.68. The molecule has 104 valence electrons. The second kappa shape index (κ2) is 5.23. The van der Waals surface area contributed by atoms with E-state index in [1.807, 2.05) is 0 Å². The highest BCUT2D eigenvalue weighted by Gasteiger charge is 2.50. The van der Waals surface area contributed by atoms with Gasteiger partial charge in [0.25, 0.3) is 0 Å². The van der Waals surface area contributed by atoms with Crippen molar-refractivity contribution in [2.45, 2.75) is 37.4 Å². The molecule has 1 aromatic rings. The number of nitrogens with two attached hydrogens (primary N) is 1. The van der Waals surface area contributed by atoms with E-state index in [-0.39, 0.29) is 5.54 Å². The van der Waals surface area contributed by atoms with Gasteiger partial charge < -0.3 is 5.73 Å². The summed E-state index contributed by atoms with van der Waals surface area (Å²) in [5.74, 6) is 0. The highest BCUT2D eigenvalue weighted by molar-refractivity contribution is 5.17. The summed E-state index contributed by atoms with van der Waals surface area (Å²) in [6, 6.07) is 11.4. The van der Waals surface area contributed by atoms with Crippen LogP contribution in [0.25, 0.3) is 0 Å². The van der Waals surface area contributed by atoms with Crippen molar-refractivity contribution in [3.8, 4) is 0 Å². The van der Waals surface area contributed by atoms with Gasteiger partial charge in [-0.05, 0) is 38.4 Å². The quantitative estimate of drug-likeness (QED) is 0.893. The zero-order chi connectivity index (χ0) is 13.3. The molecule has 2 fully saturated rings. The third kappa shape index (κ3) is 2.20. The maximum Gasteiger partial charge on any atom is 0.0499 e. The third-order valence-corrected chi connectivity index (χ3v) is 5.19. The largest absolute Gasteiger partial charge is 0.329 e. The van der Waals surface area contributed by atoms with E-state index >= 15 is 0 Å². The number of fused-ring (bicyclic) bond motifs is 1. The summed E-state index contributed by atoms with van der Waals surface area (Å²) in [5, 5.41) is 0. The fraction of sp³-hybridized carbons (Fsp3) is 0.625. The van der Waals surface area contributed by atoms with Crippen LogP contribution < -0.4 is 5.73 Å². The monoisotopic (exact) mass is 259 g/mol. The van der Waals surface area contributed by atoms with Crippen LogP contribution in [0.3, 0.4) is 0 Å². The Morgan fingerprint density at radius 2 is 2.11 bits per heavy atom. The van der Waals surface area contributed by atoms with Crippen molar-refractivity contribution < 1.29 is 0 Å². The fourth-order valence-electron chi connectivity index (χ4n) is 4.06. The lowest BCUT2D eigenvalue weighted by Crippen LogP contribution is -2.58. The predicted molar refractivity (Wildman–Crippen MR) is 78.9 cm³/mol. The van der Waals surface area contributed by atoms with E-state index < -0.39 is 0 Å².